The highest BCUT2D eigenvalue weighted by atomic mass is 16.5. The third kappa shape index (κ3) is 2.32. The van der Waals surface area contributed by atoms with Crippen LogP contribution in [0.5, 0.6) is 5.75 Å². The Morgan fingerprint density at radius 2 is 1.44 bits per heavy atom. The summed E-state index contributed by atoms with van der Waals surface area (Å²) in [6.45, 7) is 4.85. The number of imide groups is 1. The van der Waals surface area contributed by atoms with E-state index in [0.29, 0.717) is 12.3 Å². The van der Waals surface area contributed by atoms with Gasteiger partial charge in [-0.15, -0.1) is 0 Å². The lowest BCUT2D eigenvalue weighted by molar-refractivity contribution is -0.123. The quantitative estimate of drug-likeness (QED) is 0.552. The zero-order valence-corrected chi connectivity index (χ0v) is 18.2. The normalized spacial score (nSPS) is 27.2. The largest absolute Gasteiger partial charge is 0.494 e. The van der Waals surface area contributed by atoms with Gasteiger partial charge in [-0.1, -0.05) is 62.4 Å². The molecule has 4 aliphatic rings. The zero-order valence-electron chi connectivity index (χ0n) is 18.2. The first-order valence-electron chi connectivity index (χ1n) is 11.4. The van der Waals surface area contributed by atoms with Gasteiger partial charge in [0.2, 0.25) is 11.8 Å². The van der Waals surface area contributed by atoms with Crippen LogP contribution in [-0.4, -0.2) is 18.4 Å². The summed E-state index contributed by atoms with van der Waals surface area (Å²) in [5.41, 5.74) is 4.81. The van der Waals surface area contributed by atoms with Crippen LogP contribution in [0.1, 0.15) is 48.4 Å². The fraction of sp³-hybridized carbons (Fsp3) is 0.286. The van der Waals surface area contributed by atoms with Crippen LogP contribution in [0.2, 0.25) is 0 Å². The van der Waals surface area contributed by atoms with Crippen LogP contribution in [0.25, 0.3) is 0 Å². The smallest absolute Gasteiger partial charge is 0.238 e. The summed E-state index contributed by atoms with van der Waals surface area (Å²) in [5.74, 6) is -0.322. The van der Waals surface area contributed by atoms with E-state index in [0.717, 1.165) is 12.2 Å². The first kappa shape index (κ1) is 19.3. The maximum absolute atomic E-state index is 13.9. The summed E-state index contributed by atoms with van der Waals surface area (Å²) in [5, 5.41) is 0. The van der Waals surface area contributed by atoms with E-state index in [-0.39, 0.29) is 23.7 Å². The van der Waals surface area contributed by atoms with Crippen molar-refractivity contribution in [3.05, 3.63) is 95.1 Å². The van der Waals surface area contributed by atoms with Gasteiger partial charge in [-0.25, -0.2) is 4.90 Å². The number of benzene rings is 3. The predicted molar refractivity (Wildman–Crippen MR) is 123 cm³/mol. The second-order valence-electron chi connectivity index (χ2n) is 9.21. The molecule has 1 fully saturated rings. The van der Waals surface area contributed by atoms with Gasteiger partial charge in [-0.3, -0.25) is 9.59 Å². The summed E-state index contributed by atoms with van der Waals surface area (Å²) in [6.07, 6.45) is 0.926. The van der Waals surface area contributed by atoms with E-state index in [2.05, 4.69) is 38.1 Å². The van der Waals surface area contributed by atoms with Gasteiger partial charge >= 0.3 is 0 Å². The number of anilines is 1. The van der Waals surface area contributed by atoms with E-state index < -0.39 is 11.3 Å². The molecule has 1 saturated heterocycles. The highest BCUT2D eigenvalue weighted by Crippen LogP contribution is 2.64. The molecule has 0 radical (unpaired) electrons. The molecule has 32 heavy (non-hydrogen) atoms. The van der Waals surface area contributed by atoms with Crippen molar-refractivity contribution < 1.29 is 14.3 Å². The van der Waals surface area contributed by atoms with Gasteiger partial charge in [0.1, 0.15) is 5.75 Å². The summed E-state index contributed by atoms with van der Waals surface area (Å²) in [4.78, 5) is 29.1. The van der Waals surface area contributed by atoms with Crippen molar-refractivity contribution in [2.75, 3.05) is 11.5 Å². The first-order valence-corrected chi connectivity index (χ1v) is 11.4. The van der Waals surface area contributed by atoms with Gasteiger partial charge in [0, 0.05) is 11.3 Å². The molecule has 3 aliphatic carbocycles. The van der Waals surface area contributed by atoms with Crippen LogP contribution in [0, 0.1) is 11.8 Å². The summed E-state index contributed by atoms with van der Waals surface area (Å²) >= 11 is 0. The van der Waals surface area contributed by atoms with E-state index in [4.69, 9.17) is 4.74 Å². The minimum Gasteiger partial charge on any atom is -0.494 e. The molecule has 0 spiro atoms. The summed E-state index contributed by atoms with van der Waals surface area (Å²) in [7, 11) is 0. The highest BCUT2D eigenvalue weighted by Gasteiger charge is 2.66. The second kappa shape index (κ2) is 6.80. The van der Waals surface area contributed by atoms with Gasteiger partial charge in [0.15, 0.2) is 0 Å². The van der Waals surface area contributed by atoms with Crippen molar-refractivity contribution in [1.82, 2.24) is 0 Å². The molecule has 0 saturated carbocycles. The first-order chi connectivity index (χ1) is 15.6. The van der Waals surface area contributed by atoms with Crippen molar-refractivity contribution in [3.63, 3.8) is 0 Å². The lowest BCUT2D eigenvalue weighted by atomic mass is 9.48. The molecule has 2 amide bonds. The number of nitrogens with zero attached hydrogens (tertiary/aromatic N) is 1. The lowest BCUT2D eigenvalue weighted by Gasteiger charge is -2.52. The third-order valence-electron chi connectivity index (χ3n) is 7.61. The monoisotopic (exact) mass is 423 g/mol. The highest BCUT2D eigenvalue weighted by molar-refractivity contribution is 6.23. The maximum atomic E-state index is 13.9. The molecule has 160 valence electrons. The van der Waals surface area contributed by atoms with Gasteiger partial charge in [0.25, 0.3) is 0 Å². The fourth-order valence-corrected chi connectivity index (χ4v) is 6.32. The molecule has 3 aromatic rings. The van der Waals surface area contributed by atoms with Crippen LogP contribution < -0.4 is 9.64 Å². The van der Waals surface area contributed by atoms with Crippen molar-refractivity contribution in [2.45, 2.75) is 31.6 Å². The average molecular weight is 424 g/mol. The Labute approximate surface area is 187 Å². The van der Waals surface area contributed by atoms with Crippen LogP contribution >= 0.6 is 0 Å². The Morgan fingerprint density at radius 1 is 0.844 bits per heavy atom. The minimum atomic E-state index is -0.529. The maximum Gasteiger partial charge on any atom is 0.238 e. The molecule has 0 N–H and O–H groups in total. The molecule has 3 aromatic carbocycles. The zero-order chi connectivity index (χ0) is 22.0. The third-order valence-corrected chi connectivity index (χ3v) is 7.61. The topological polar surface area (TPSA) is 46.6 Å². The van der Waals surface area contributed by atoms with Crippen molar-refractivity contribution >= 4 is 17.5 Å². The van der Waals surface area contributed by atoms with Gasteiger partial charge in [-0.2, -0.15) is 0 Å². The van der Waals surface area contributed by atoms with Crippen molar-refractivity contribution in [2.24, 2.45) is 11.8 Å². The Balaban J connectivity index is 1.48. The number of hydrogen-bond acceptors (Lipinski definition) is 3. The Bertz CT molecular complexity index is 1200. The number of rotatable bonds is 4. The van der Waals surface area contributed by atoms with E-state index in [1.807, 2.05) is 48.5 Å². The predicted octanol–water partition coefficient (Wildman–Crippen LogP) is 5.05. The average Bonchev–Trinajstić information content (AvgIpc) is 3.10. The Hall–Kier alpha value is -3.40. The summed E-state index contributed by atoms with van der Waals surface area (Å²) < 4.78 is 5.68. The second-order valence-corrected chi connectivity index (χ2v) is 9.21. The standard InChI is InChI=1S/C28H25NO3/c1-3-16-32-18-14-12-17(13-15-18)29-26(30)24-23-19-8-4-6-10-21(19)28(2,25(24)27(29)31)22-11-7-5-9-20(22)23/h4-15,23-25H,3,16H2,1-2H3/t23?,24-,25+,28?/m1/s1. The van der Waals surface area contributed by atoms with E-state index in [9.17, 15) is 9.59 Å². The lowest BCUT2D eigenvalue weighted by Crippen LogP contribution is -2.51. The molecular weight excluding hydrogens is 398 g/mol. The van der Waals surface area contributed by atoms with Crippen LogP contribution in [0.3, 0.4) is 0 Å². The molecular formula is C28H25NO3. The molecule has 4 nitrogen and oxygen atoms in total. The van der Waals surface area contributed by atoms with Gasteiger partial charge in [0.05, 0.1) is 24.1 Å². The molecule has 4 heteroatoms. The molecule has 0 aromatic heterocycles. The van der Waals surface area contributed by atoms with E-state index >= 15 is 0 Å². The molecule has 1 heterocycles. The fourth-order valence-electron chi connectivity index (χ4n) is 6.32. The van der Waals surface area contributed by atoms with E-state index in [1.54, 1.807) is 0 Å². The molecule has 7 rings (SSSR count). The van der Waals surface area contributed by atoms with Gasteiger partial charge in [-0.05, 0) is 52.9 Å². The Kier molecular flexibility index (Phi) is 4.10. The summed E-state index contributed by atoms with van der Waals surface area (Å²) in [6, 6.07) is 24.0. The number of ether oxygens (including phenoxy) is 1. The molecule has 2 atom stereocenters. The van der Waals surface area contributed by atoms with Crippen LogP contribution in [-0.2, 0) is 15.0 Å². The van der Waals surface area contributed by atoms with E-state index in [1.165, 1.54) is 27.2 Å². The SMILES string of the molecule is CCCOc1ccc(N2C(=O)[C@@H]3C4c5ccccc5C(C)(c5ccccc54)[C@@H]3C2=O)cc1. The Morgan fingerprint density at radius 3 is 2.03 bits per heavy atom. The van der Waals surface area contributed by atoms with Crippen LogP contribution in [0.15, 0.2) is 72.8 Å². The molecule has 0 unspecified atom stereocenters. The van der Waals surface area contributed by atoms with Crippen molar-refractivity contribution in [1.29, 1.82) is 0 Å². The molecule has 1 aliphatic heterocycles. The number of hydrogen-bond donors (Lipinski definition) is 0. The van der Waals surface area contributed by atoms with Crippen LogP contribution in [0.4, 0.5) is 5.69 Å². The van der Waals surface area contributed by atoms with Crippen molar-refractivity contribution in [3.8, 4) is 5.75 Å². The minimum absolute atomic E-state index is 0.0946. The van der Waals surface area contributed by atoms with Gasteiger partial charge < -0.3 is 4.74 Å². The number of amides is 2. The molecule has 2 bridgehead atoms. The number of carbonyl (C=O) groups excluding carboxylic acids is 2. The number of carbonyl (C=O) groups is 2.